The van der Waals surface area contributed by atoms with Crippen molar-refractivity contribution in [1.82, 2.24) is 4.98 Å². The molecule has 4 aromatic rings. The van der Waals surface area contributed by atoms with Gasteiger partial charge < -0.3 is 8.83 Å². The SMILES string of the molecule is O=S(=O)(c1ccc(Cl)cc1)c1nc(-c2ccco2)oc1SCc1ccccc1. The minimum Gasteiger partial charge on any atom is -0.459 e. The largest absolute Gasteiger partial charge is 0.459 e. The molecule has 28 heavy (non-hydrogen) atoms. The van der Waals surface area contributed by atoms with Crippen LogP contribution >= 0.6 is 23.4 Å². The van der Waals surface area contributed by atoms with Gasteiger partial charge in [0.1, 0.15) is 0 Å². The van der Waals surface area contributed by atoms with Crippen LogP contribution in [0.4, 0.5) is 0 Å². The number of halogens is 1. The molecule has 2 aromatic heterocycles. The van der Waals surface area contributed by atoms with Crippen molar-refractivity contribution in [2.75, 3.05) is 0 Å². The Labute approximate surface area is 171 Å². The van der Waals surface area contributed by atoms with Crippen molar-refractivity contribution >= 4 is 33.2 Å². The molecule has 0 amide bonds. The van der Waals surface area contributed by atoms with Crippen molar-refractivity contribution in [3.05, 3.63) is 83.6 Å². The van der Waals surface area contributed by atoms with Gasteiger partial charge in [0, 0.05) is 10.8 Å². The lowest BCUT2D eigenvalue weighted by Gasteiger charge is -2.04. The minimum atomic E-state index is -3.89. The normalized spacial score (nSPS) is 11.6. The van der Waals surface area contributed by atoms with Crippen molar-refractivity contribution in [3.63, 3.8) is 0 Å². The molecule has 142 valence electrons. The Kier molecular flexibility index (Phi) is 5.30. The molecular formula is C20H14ClNO4S2. The van der Waals surface area contributed by atoms with Gasteiger partial charge in [0.25, 0.3) is 5.89 Å². The quantitative estimate of drug-likeness (QED) is 0.364. The molecule has 0 unspecified atom stereocenters. The fourth-order valence-corrected chi connectivity index (χ4v) is 5.12. The molecule has 0 saturated carbocycles. The molecule has 0 aliphatic carbocycles. The summed E-state index contributed by atoms with van der Waals surface area (Å²) in [5.41, 5.74) is 1.04. The van der Waals surface area contributed by atoms with Crippen LogP contribution in [0.15, 0.2) is 96.8 Å². The maximum atomic E-state index is 13.2. The number of hydrogen-bond donors (Lipinski definition) is 0. The van der Waals surface area contributed by atoms with Gasteiger partial charge in [-0.25, -0.2) is 8.42 Å². The van der Waals surface area contributed by atoms with E-state index in [1.165, 1.54) is 42.3 Å². The van der Waals surface area contributed by atoms with Gasteiger partial charge in [-0.05, 0) is 42.0 Å². The Morgan fingerprint density at radius 3 is 2.39 bits per heavy atom. The van der Waals surface area contributed by atoms with E-state index in [4.69, 9.17) is 20.4 Å². The topological polar surface area (TPSA) is 73.3 Å². The van der Waals surface area contributed by atoms with Gasteiger partial charge >= 0.3 is 0 Å². The maximum absolute atomic E-state index is 13.2. The molecule has 0 radical (unpaired) electrons. The molecule has 5 nitrogen and oxygen atoms in total. The fraction of sp³-hybridized carbons (Fsp3) is 0.0500. The van der Waals surface area contributed by atoms with E-state index in [0.717, 1.165) is 5.56 Å². The van der Waals surface area contributed by atoms with Crippen LogP contribution in [0.3, 0.4) is 0 Å². The van der Waals surface area contributed by atoms with E-state index in [0.29, 0.717) is 16.5 Å². The van der Waals surface area contributed by atoms with E-state index >= 15 is 0 Å². The lowest BCUT2D eigenvalue weighted by Crippen LogP contribution is -2.03. The van der Waals surface area contributed by atoms with Crippen LogP contribution in [0.2, 0.25) is 5.02 Å². The summed E-state index contributed by atoms with van der Waals surface area (Å²) < 4.78 is 37.4. The third kappa shape index (κ3) is 3.87. The second-order valence-electron chi connectivity index (χ2n) is 5.82. The van der Waals surface area contributed by atoms with Crippen molar-refractivity contribution in [2.45, 2.75) is 20.8 Å². The van der Waals surface area contributed by atoms with Gasteiger partial charge in [0.15, 0.2) is 5.76 Å². The molecule has 0 N–H and O–H groups in total. The van der Waals surface area contributed by atoms with Gasteiger partial charge in [-0.1, -0.05) is 53.7 Å². The van der Waals surface area contributed by atoms with Crippen molar-refractivity contribution in [3.8, 4) is 11.7 Å². The monoisotopic (exact) mass is 431 g/mol. The number of furan rings is 1. The van der Waals surface area contributed by atoms with Gasteiger partial charge in [-0.15, -0.1) is 0 Å². The minimum absolute atomic E-state index is 0.0951. The number of oxazole rings is 1. The standard InChI is InChI=1S/C20H14ClNO4S2/c21-15-8-10-16(11-9-15)28(23,24)19-20(27-13-14-5-2-1-3-6-14)26-18(22-19)17-7-4-12-25-17/h1-12H,13H2. The zero-order chi connectivity index (χ0) is 19.6. The zero-order valence-corrected chi connectivity index (χ0v) is 16.8. The van der Waals surface area contributed by atoms with E-state index < -0.39 is 9.84 Å². The molecule has 0 spiro atoms. The Bertz CT molecular complexity index is 1170. The maximum Gasteiger partial charge on any atom is 0.265 e. The number of aromatic nitrogens is 1. The molecule has 0 bridgehead atoms. The average molecular weight is 432 g/mol. The summed E-state index contributed by atoms with van der Waals surface area (Å²) in [5.74, 6) is 1.02. The molecule has 0 fully saturated rings. The van der Waals surface area contributed by atoms with Gasteiger partial charge in [-0.2, -0.15) is 4.98 Å². The second-order valence-corrected chi connectivity index (χ2v) is 9.07. The first-order valence-electron chi connectivity index (χ1n) is 8.26. The highest BCUT2D eigenvalue weighted by atomic mass is 35.5. The van der Waals surface area contributed by atoms with Crippen LogP contribution in [-0.2, 0) is 15.6 Å². The summed E-state index contributed by atoms with van der Waals surface area (Å²) in [6, 6.07) is 19.0. The predicted octanol–water partition coefficient (Wildman–Crippen LogP) is 5.71. The Hall–Kier alpha value is -2.48. The van der Waals surface area contributed by atoms with Crippen molar-refractivity contribution in [2.24, 2.45) is 0 Å². The fourth-order valence-electron chi connectivity index (χ4n) is 2.51. The number of hydrogen-bond acceptors (Lipinski definition) is 6. The number of benzene rings is 2. The molecule has 2 heterocycles. The molecule has 0 aliphatic rings. The Morgan fingerprint density at radius 2 is 1.71 bits per heavy atom. The van der Waals surface area contributed by atoms with Gasteiger partial charge in [0.05, 0.1) is 11.2 Å². The van der Waals surface area contributed by atoms with Crippen LogP contribution in [0.25, 0.3) is 11.7 Å². The summed E-state index contributed by atoms with van der Waals surface area (Å²) in [6.45, 7) is 0. The molecule has 4 rings (SSSR count). The summed E-state index contributed by atoms with van der Waals surface area (Å²) in [6.07, 6.45) is 1.48. The third-order valence-corrected chi connectivity index (χ3v) is 6.97. The summed E-state index contributed by atoms with van der Waals surface area (Å²) in [5, 5.41) is 0.529. The van der Waals surface area contributed by atoms with Gasteiger partial charge in [-0.3, -0.25) is 0 Å². The lowest BCUT2D eigenvalue weighted by atomic mass is 10.2. The lowest BCUT2D eigenvalue weighted by molar-refractivity contribution is 0.451. The van der Waals surface area contributed by atoms with Gasteiger partial charge in [0.2, 0.25) is 20.0 Å². The van der Waals surface area contributed by atoms with Crippen LogP contribution in [0, 0.1) is 0 Å². The summed E-state index contributed by atoms with van der Waals surface area (Å²) >= 11 is 7.15. The number of rotatable bonds is 6. The van der Waals surface area contributed by atoms with Crippen LogP contribution in [-0.4, -0.2) is 13.4 Å². The Morgan fingerprint density at radius 1 is 0.964 bits per heavy atom. The van der Waals surface area contributed by atoms with E-state index in [2.05, 4.69) is 4.98 Å². The van der Waals surface area contributed by atoms with Crippen LogP contribution < -0.4 is 0 Å². The van der Waals surface area contributed by atoms with Crippen LogP contribution in [0.1, 0.15) is 5.56 Å². The summed E-state index contributed by atoms with van der Waals surface area (Å²) in [4.78, 5) is 4.33. The van der Waals surface area contributed by atoms with E-state index in [-0.39, 0.29) is 20.9 Å². The highest BCUT2D eigenvalue weighted by Crippen LogP contribution is 2.36. The molecule has 0 saturated heterocycles. The zero-order valence-electron chi connectivity index (χ0n) is 14.4. The molecular weight excluding hydrogens is 418 g/mol. The highest BCUT2D eigenvalue weighted by Gasteiger charge is 2.29. The first-order valence-corrected chi connectivity index (χ1v) is 11.1. The molecule has 0 atom stereocenters. The number of sulfone groups is 1. The van der Waals surface area contributed by atoms with E-state index in [1.54, 1.807) is 12.1 Å². The average Bonchev–Trinajstić information content (AvgIpc) is 3.37. The third-order valence-electron chi connectivity index (χ3n) is 3.89. The van der Waals surface area contributed by atoms with E-state index in [1.807, 2.05) is 30.3 Å². The molecule has 0 aliphatic heterocycles. The van der Waals surface area contributed by atoms with Crippen LogP contribution in [0.5, 0.6) is 0 Å². The first-order chi connectivity index (χ1) is 13.5. The smallest absolute Gasteiger partial charge is 0.265 e. The van der Waals surface area contributed by atoms with Crippen molar-refractivity contribution in [1.29, 1.82) is 0 Å². The number of nitrogens with zero attached hydrogens (tertiary/aromatic N) is 1. The molecule has 2 aromatic carbocycles. The van der Waals surface area contributed by atoms with E-state index in [9.17, 15) is 8.42 Å². The highest BCUT2D eigenvalue weighted by molar-refractivity contribution is 7.99. The number of thioether (sulfide) groups is 1. The predicted molar refractivity (Wildman–Crippen MR) is 107 cm³/mol. The molecule has 8 heteroatoms. The Balaban J connectivity index is 1.74. The summed E-state index contributed by atoms with van der Waals surface area (Å²) in [7, 11) is -3.89. The second kappa shape index (κ2) is 7.87. The first kappa shape index (κ1) is 18.9. The van der Waals surface area contributed by atoms with Crippen molar-refractivity contribution < 1.29 is 17.3 Å².